The van der Waals surface area contributed by atoms with Gasteiger partial charge in [0.1, 0.15) is 12.1 Å². The number of carbonyl (C=O) groups excluding carboxylic acids is 2. The molecule has 5 N–H and O–H groups in total. The van der Waals surface area contributed by atoms with Crippen molar-refractivity contribution in [3.8, 4) is 0 Å². The lowest BCUT2D eigenvalue weighted by molar-refractivity contribution is -0.145. The van der Waals surface area contributed by atoms with Crippen molar-refractivity contribution < 1.29 is 24.6 Å². The Hall–Kier alpha value is -1.67. The van der Waals surface area contributed by atoms with E-state index in [2.05, 4.69) is 5.32 Å². The fourth-order valence-corrected chi connectivity index (χ4v) is 2.02. The van der Waals surface area contributed by atoms with Crippen LogP contribution in [-0.4, -0.2) is 64.2 Å². The maximum atomic E-state index is 11.9. The second-order valence-corrected chi connectivity index (χ2v) is 4.56. The van der Waals surface area contributed by atoms with E-state index >= 15 is 0 Å². The predicted octanol–water partition coefficient (Wildman–Crippen LogP) is -2.11. The molecule has 0 aromatic heterocycles. The van der Waals surface area contributed by atoms with E-state index in [0.717, 1.165) is 0 Å². The number of amides is 2. The van der Waals surface area contributed by atoms with Crippen molar-refractivity contribution >= 4 is 17.8 Å². The molecule has 0 aliphatic carbocycles. The van der Waals surface area contributed by atoms with Gasteiger partial charge in [0.15, 0.2) is 0 Å². The molecule has 8 nitrogen and oxygen atoms in total. The summed E-state index contributed by atoms with van der Waals surface area (Å²) in [6.07, 6.45) is 1.12. The normalized spacial score (nSPS) is 21.8. The molecule has 0 unspecified atom stereocenters. The Kier molecular flexibility index (Phi) is 5.25. The molecule has 0 spiro atoms. The summed E-state index contributed by atoms with van der Waals surface area (Å²) in [5.41, 5.74) is 5.50. The summed E-state index contributed by atoms with van der Waals surface area (Å²) in [4.78, 5) is 35.8. The van der Waals surface area contributed by atoms with Crippen molar-refractivity contribution in [2.75, 3.05) is 13.2 Å². The van der Waals surface area contributed by atoms with Crippen LogP contribution in [0.1, 0.15) is 19.8 Å². The van der Waals surface area contributed by atoms with Gasteiger partial charge in [-0.2, -0.15) is 0 Å². The largest absolute Gasteiger partial charge is 0.480 e. The Morgan fingerprint density at radius 2 is 2.11 bits per heavy atom. The minimum atomic E-state index is -1.36. The van der Waals surface area contributed by atoms with E-state index in [1.54, 1.807) is 0 Å². The van der Waals surface area contributed by atoms with Gasteiger partial charge < -0.3 is 26.2 Å². The van der Waals surface area contributed by atoms with Crippen LogP contribution in [0.3, 0.4) is 0 Å². The molecule has 0 aromatic carbocycles. The topological polar surface area (TPSA) is 133 Å². The Labute approximate surface area is 110 Å². The number of aliphatic hydroxyl groups excluding tert-OH is 1. The summed E-state index contributed by atoms with van der Waals surface area (Å²) in [5.74, 6) is -2.24. The maximum Gasteiger partial charge on any atom is 0.328 e. The van der Waals surface area contributed by atoms with Crippen LogP contribution in [0.15, 0.2) is 0 Å². The number of aliphatic hydroxyl groups is 1. The molecule has 1 aliphatic heterocycles. The molecule has 1 fully saturated rings. The predicted molar refractivity (Wildman–Crippen MR) is 65.0 cm³/mol. The third-order valence-electron chi connectivity index (χ3n) is 3.03. The number of carbonyl (C=O) groups is 3. The Bertz CT molecular complexity index is 371. The van der Waals surface area contributed by atoms with Gasteiger partial charge in [0.05, 0.1) is 12.6 Å². The summed E-state index contributed by atoms with van der Waals surface area (Å²) >= 11 is 0. The average Bonchev–Trinajstić information content (AvgIpc) is 2.83. The number of aliphatic carboxylic acids is 1. The summed E-state index contributed by atoms with van der Waals surface area (Å²) < 4.78 is 0. The third kappa shape index (κ3) is 3.65. The van der Waals surface area contributed by atoms with Crippen molar-refractivity contribution in [2.45, 2.75) is 37.9 Å². The van der Waals surface area contributed by atoms with Gasteiger partial charge in [0.25, 0.3) is 0 Å². The monoisotopic (exact) mass is 273 g/mol. The Morgan fingerprint density at radius 3 is 2.58 bits per heavy atom. The van der Waals surface area contributed by atoms with E-state index in [0.29, 0.717) is 19.4 Å². The van der Waals surface area contributed by atoms with Gasteiger partial charge in [0.2, 0.25) is 11.8 Å². The smallest absolute Gasteiger partial charge is 0.328 e. The average molecular weight is 273 g/mol. The number of likely N-dealkylation sites (tertiary alicyclic amines) is 1. The molecule has 108 valence electrons. The lowest BCUT2D eigenvalue weighted by atomic mass is 10.1. The van der Waals surface area contributed by atoms with Gasteiger partial charge in [0, 0.05) is 6.54 Å². The van der Waals surface area contributed by atoms with E-state index in [-0.39, 0.29) is 5.91 Å². The van der Waals surface area contributed by atoms with E-state index < -0.39 is 36.6 Å². The number of carboxylic acids is 1. The molecule has 1 rings (SSSR count). The highest BCUT2D eigenvalue weighted by Crippen LogP contribution is 2.18. The number of carboxylic acid groups (broad SMARTS) is 1. The van der Waals surface area contributed by atoms with Crippen LogP contribution in [0, 0.1) is 0 Å². The standard InChI is InChI=1S/C11H19N3O5/c1-6(12)10(17)14-4-2-3-8(14)9(16)13-7(5-15)11(18)19/h6-8,15H,2-5,12H2,1H3,(H,13,16)(H,18,19)/t6-,7-,8-/m0/s1. The second kappa shape index (κ2) is 6.48. The third-order valence-corrected chi connectivity index (χ3v) is 3.03. The highest BCUT2D eigenvalue weighted by Gasteiger charge is 2.36. The zero-order valence-corrected chi connectivity index (χ0v) is 10.7. The first-order valence-corrected chi connectivity index (χ1v) is 6.08. The minimum absolute atomic E-state index is 0.339. The van der Waals surface area contributed by atoms with Gasteiger partial charge >= 0.3 is 5.97 Å². The van der Waals surface area contributed by atoms with Gasteiger partial charge in [-0.25, -0.2) is 4.79 Å². The van der Waals surface area contributed by atoms with Crippen molar-refractivity contribution in [3.63, 3.8) is 0 Å². The molecule has 0 bridgehead atoms. The van der Waals surface area contributed by atoms with Crippen LogP contribution in [0.25, 0.3) is 0 Å². The van der Waals surface area contributed by atoms with Crippen molar-refractivity contribution in [3.05, 3.63) is 0 Å². The molecule has 0 radical (unpaired) electrons. The van der Waals surface area contributed by atoms with E-state index in [4.69, 9.17) is 15.9 Å². The SMILES string of the molecule is C[C@H](N)C(=O)N1CCC[C@H]1C(=O)N[C@@H](CO)C(=O)O. The molecule has 0 saturated carbocycles. The summed E-state index contributed by atoms with van der Waals surface area (Å²) in [5, 5.41) is 19.8. The van der Waals surface area contributed by atoms with Gasteiger partial charge in [-0.05, 0) is 19.8 Å². The molecule has 2 amide bonds. The van der Waals surface area contributed by atoms with Crippen LogP contribution in [-0.2, 0) is 14.4 Å². The fraction of sp³-hybridized carbons (Fsp3) is 0.727. The highest BCUT2D eigenvalue weighted by molar-refractivity contribution is 5.92. The fourth-order valence-electron chi connectivity index (χ4n) is 2.02. The van der Waals surface area contributed by atoms with Crippen LogP contribution in [0.4, 0.5) is 0 Å². The molecule has 8 heteroatoms. The van der Waals surface area contributed by atoms with E-state index in [1.165, 1.54) is 11.8 Å². The van der Waals surface area contributed by atoms with Gasteiger partial charge in [-0.1, -0.05) is 0 Å². The molecule has 1 aliphatic rings. The zero-order chi connectivity index (χ0) is 14.6. The molecule has 0 aromatic rings. The Balaban J connectivity index is 2.70. The van der Waals surface area contributed by atoms with Crippen molar-refractivity contribution in [2.24, 2.45) is 5.73 Å². The number of hydrogen-bond donors (Lipinski definition) is 4. The molecule has 19 heavy (non-hydrogen) atoms. The zero-order valence-electron chi connectivity index (χ0n) is 10.7. The summed E-state index contributed by atoms with van der Waals surface area (Å²) in [6.45, 7) is 1.26. The first-order valence-electron chi connectivity index (χ1n) is 6.08. The number of hydrogen-bond acceptors (Lipinski definition) is 5. The lowest BCUT2D eigenvalue weighted by Crippen LogP contribution is -2.54. The molecular weight excluding hydrogens is 254 g/mol. The number of nitrogens with one attached hydrogen (secondary N) is 1. The van der Waals surface area contributed by atoms with E-state index in [9.17, 15) is 14.4 Å². The molecular formula is C11H19N3O5. The second-order valence-electron chi connectivity index (χ2n) is 4.56. The maximum absolute atomic E-state index is 11.9. The van der Waals surface area contributed by atoms with Crippen LogP contribution >= 0.6 is 0 Å². The van der Waals surface area contributed by atoms with Gasteiger partial charge in [-0.15, -0.1) is 0 Å². The van der Waals surface area contributed by atoms with Crippen LogP contribution in [0.2, 0.25) is 0 Å². The first-order chi connectivity index (χ1) is 8.88. The van der Waals surface area contributed by atoms with E-state index in [1.807, 2.05) is 0 Å². The van der Waals surface area contributed by atoms with Crippen molar-refractivity contribution in [1.82, 2.24) is 10.2 Å². The Morgan fingerprint density at radius 1 is 1.47 bits per heavy atom. The highest BCUT2D eigenvalue weighted by atomic mass is 16.4. The first kappa shape index (κ1) is 15.4. The summed E-state index contributed by atoms with van der Waals surface area (Å²) in [6, 6.07) is -2.78. The molecule has 1 heterocycles. The quantitative estimate of drug-likeness (QED) is 0.453. The molecule has 3 atom stereocenters. The van der Waals surface area contributed by atoms with Crippen LogP contribution < -0.4 is 11.1 Å². The van der Waals surface area contributed by atoms with Crippen LogP contribution in [0.5, 0.6) is 0 Å². The number of rotatable bonds is 5. The summed E-state index contributed by atoms with van der Waals surface area (Å²) in [7, 11) is 0. The lowest BCUT2D eigenvalue weighted by Gasteiger charge is -2.26. The molecule has 1 saturated heterocycles. The van der Waals surface area contributed by atoms with Gasteiger partial charge in [-0.3, -0.25) is 9.59 Å². The number of nitrogens with zero attached hydrogens (tertiary/aromatic N) is 1. The van der Waals surface area contributed by atoms with Crippen molar-refractivity contribution in [1.29, 1.82) is 0 Å². The number of nitrogens with two attached hydrogens (primary N) is 1. The minimum Gasteiger partial charge on any atom is -0.480 e.